The molecular weight excluding hydrogens is 292 g/mol. The van der Waals surface area contributed by atoms with Crippen LogP contribution in [0.5, 0.6) is 0 Å². The molecular formula is C18H26N2OS. The topological polar surface area (TPSA) is 32.3 Å². The number of aryl methyl sites for hydroxylation is 1. The van der Waals surface area contributed by atoms with Crippen molar-refractivity contribution < 1.29 is 4.79 Å². The smallest absolute Gasteiger partial charge is 0.223 e. The SMILES string of the molecule is Cc1ccc(SCCC(=O)N(C)C2CC3CCC(C2)N3)cc1. The van der Waals surface area contributed by atoms with Crippen LogP contribution >= 0.6 is 11.8 Å². The predicted molar refractivity (Wildman–Crippen MR) is 92.3 cm³/mol. The number of nitrogens with one attached hydrogen (secondary N) is 1. The van der Waals surface area contributed by atoms with E-state index >= 15 is 0 Å². The van der Waals surface area contributed by atoms with Crippen molar-refractivity contribution in [2.75, 3.05) is 12.8 Å². The highest BCUT2D eigenvalue weighted by Crippen LogP contribution is 2.29. The largest absolute Gasteiger partial charge is 0.343 e. The molecule has 2 saturated heterocycles. The van der Waals surface area contributed by atoms with Gasteiger partial charge in [0, 0.05) is 42.2 Å². The second-order valence-electron chi connectivity index (χ2n) is 6.68. The van der Waals surface area contributed by atoms with Crippen LogP contribution in [0.1, 0.15) is 37.7 Å². The van der Waals surface area contributed by atoms with Gasteiger partial charge >= 0.3 is 0 Å². The molecule has 2 aliphatic heterocycles. The molecule has 1 amide bonds. The van der Waals surface area contributed by atoms with Gasteiger partial charge in [0.05, 0.1) is 0 Å². The van der Waals surface area contributed by atoms with Gasteiger partial charge in [-0.2, -0.15) is 0 Å². The zero-order chi connectivity index (χ0) is 15.5. The Labute approximate surface area is 137 Å². The Balaban J connectivity index is 1.44. The number of benzene rings is 1. The van der Waals surface area contributed by atoms with Crippen LogP contribution in [0.15, 0.2) is 29.2 Å². The zero-order valence-electron chi connectivity index (χ0n) is 13.5. The second-order valence-corrected chi connectivity index (χ2v) is 7.85. The second kappa shape index (κ2) is 7.05. The molecule has 2 fully saturated rings. The van der Waals surface area contributed by atoms with Crippen LogP contribution in [0.25, 0.3) is 0 Å². The summed E-state index contributed by atoms with van der Waals surface area (Å²) >= 11 is 1.78. The predicted octanol–water partition coefficient (Wildman–Crippen LogP) is 3.22. The number of amides is 1. The molecule has 0 spiro atoms. The number of fused-ring (bicyclic) bond motifs is 2. The molecule has 0 radical (unpaired) electrons. The van der Waals surface area contributed by atoms with Crippen molar-refractivity contribution in [3.8, 4) is 0 Å². The van der Waals surface area contributed by atoms with Crippen LogP contribution in [0.4, 0.5) is 0 Å². The lowest BCUT2D eigenvalue weighted by molar-refractivity contribution is -0.132. The summed E-state index contributed by atoms with van der Waals surface area (Å²) in [6, 6.07) is 10.2. The normalized spacial score (nSPS) is 26.9. The highest BCUT2D eigenvalue weighted by atomic mass is 32.2. The number of hydrogen-bond donors (Lipinski definition) is 1. The summed E-state index contributed by atoms with van der Waals surface area (Å²) < 4.78 is 0. The lowest BCUT2D eigenvalue weighted by Gasteiger charge is -2.35. The maximum atomic E-state index is 12.4. The first-order valence-corrected chi connectivity index (χ1v) is 9.31. The van der Waals surface area contributed by atoms with E-state index in [2.05, 4.69) is 36.5 Å². The summed E-state index contributed by atoms with van der Waals surface area (Å²) in [6.07, 6.45) is 5.46. The fraction of sp³-hybridized carbons (Fsp3) is 0.611. The summed E-state index contributed by atoms with van der Waals surface area (Å²) in [5.41, 5.74) is 1.28. The van der Waals surface area contributed by atoms with E-state index < -0.39 is 0 Å². The molecule has 120 valence electrons. The van der Waals surface area contributed by atoms with E-state index in [0.29, 0.717) is 30.5 Å². The van der Waals surface area contributed by atoms with Crippen molar-refractivity contribution in [1.82, 2.24) is 10.2 Å². The van der Waals surface area contributed by atoms with E-state index in [1.165, 1.54) is 23.3 Å². The molecule has 2 heterocycles. The van der Waals surface area contributed by atoms with Gasteiger partial charge < -0.3 is 10.2 Å². The van der Waals surface area contributed by atoms with Gasteiger partial charge in [-0.15, -0.1) is 11.8 Å². The van der Waals surface area contributed by atoms with Gasteiger partial charge in [-0.1, -0.05) is 17.7 Å². The Bertz CT molecular complexity index is 504. The zero-order valence-corrected chi connectivity index (χ0v) is 14.4. The summed E-state index contributed by atoms with van der Waals surface area (Å²) in [7, 11) is 1.99. The Morgan fingerprint density at radius 1 is 1.23 bits per heavy atom. The fourth-order valence-corrected chi connectivity index (χ4v) is 4.46. The number of carbonyl (C=O) groups excluding carboxylic acids is 1. The Morgan fingerprint density at radius 3 is 2.50 bits per heavy atom. The van der Waals surface area contributed by atoms with Gasteiger partial charge in [-0.3, -0.25) is 4.79 Å². The Morgan fingerprint density at radius 2 is 1.86 bits per heavy atom. The van der Waals surface area contributed by atoms with E-state index in [4.69, 9.17) is 0 Å². The molecule has 3 nitrogen and oxygen atoms in total. The third-order valence-corrected chi connectivity index (χ3v) is 6.01. The minimum atomic E-state index is 0.297. The minimum absolute atomic E-state index is 0.297. The summed E-state index contributed by atoms with van der Waals surface area (Å²) in [5.74, 6) is 1.16. The molecule has 0 aliphatic carbocycles. The lowest BCUT2D eigenvalue weighted by Crippen LogP contribution is -2.48. The maximum Gasteiger partial charge on any atom is 0.223 e. The van der Waals surface area contributed by atoms with Gasteiger partial charge in [0.15, 0.2) is 0 Å². The highest BCUT2D eigenvalue weighted by molar-refractivity contribution is 7.99. The van der Waals surface area contributed by atoms with Crippen molar-refractivity contribution in [2.24, 2.45) is 0 Å². The van der Waals surface area contributed by atoms with Crippen molar-refractivity contribution in [3.63, 3.8) is 0 Å². The Kier molecular flexibility index (Phi) is 5.09. The van der Waals surface area contributed by atoms with Gasteiger partial charge in [-0.05, 0) is 44.7 Å². The van der Waals surface area contributed by atoms with Crippen molar-refractivity contribution in [2.45, 2.75) is 62.0 Å². The first-order chi connectivity index (χ1) is 10.6. The number of carbonyl (C=O) groups is 1. The molecule has 1 aromatic carbocycles. The molecule has 1 aromatic rings. The minimum Gasteiger partial charge on any atom is -0.343 e. The van der Waals surface area contributed by atoms with Crippen molar-refractivity contribution in [3.05, 3.63) is 29.8 Å². The quantitative estimate of drug-likeness (QED) is 0.846. The molecule has 4 heteroatoms. The van der Waals surface area contributed by atoms with Crippen molar-refractivity contribution >= 4 is 17.7 Å². The third kappa shape index (κ3) is 3.85. The number of hydrogen-bond acceptors (Lipinski definition) is 3. The van der Waals surface area contributed by atoms with E-state index in [1.54, 1.807) is 11.8 Å². The van der Waals surface area contributed by atoms with Crippen LogP contribution in [0, 0.1) is 6.92 Å². The summed E-state index contributed by atoms with van der Waals surface area (Å²) in [4.78, 5) is 15.7. The molecule has 22 heavy (non-hydrogen) atoms. The molecule has 0 saturated carbocycles. The molecule has 2 atom stereocenters. The number of rotatable bonds is 5. The number of piperidine rings is 1. The molecule has 2 bridgehead atoms. The number of thioether (sulfide) groups is 1. The highest BCUT2D eigenvalue weighted by Gasteiger charge is 2.36. The van der Waals surface area contributed by atoms with Crippen LogP contribution in [-0.2, 0) is 4.79 Å². The maximum absolute atomic E-state index is 12.4. The Hall–Kier alpha value is -1.00. The van der Waals surface area contributed by atoms with Gasteiger partial charge in [0.1, 0.15) is 0 Å². The average Bonchev–Trinajstić information content (AvgIpc) is 2.86. The summed E-state index contributed by atoms with van der Waals surface area (Å²) in [6.45, 7) is 2.10. The fourth-order valence-electron chi connectivity index (χ4n) is 3.61. The average molecular weight is 318 g/mol. The van der Waals surface area contributed by atoms with Crippen LogP contribution in [0.2, 0.25) is 0 Å². The lowest BCUT2D eigenvalue weighted by atomic mass is 9.98. The van der Waals surface area contributed by atoms with Gasteiger partial charge in [-0.25, -0.2) is 0 Å². The first-order valence-electron chi connectivity index (χ1n) is 8.33. The van der Waals surface area contributed by atoms with E-state index in [9.17, 15) is 4.79 Å². The van der Waals surface area contributed by atoms with Gasteiger partial charge in [0.2, 0.25) is 5.91 Å². The van der Waals surface area contributed by atoms with Crippen LogP contribution in [0.3, 0.4) is 0 Å². The van der Waals surface area contributed by atoms with E-state index in [0.717, 1.165) is 18.6 Å². The van der Waals surface area contributed by atoms with E-state index in [1.807, 2.05) is 11.9 Å². The van der Waals surface area contributed by atoms with Crippen LogP contribution < -0.4 is 5.32 Å². The monoisotopic (exact) mass is 318 g/mol. The van der Waals surface area contributed by atoms with E-state index in [-0.39, 0.29) is 0 Å². The standard InChI is InChI=1S/C18H26N2OS/c1-13-3-7-17(8-4-13)22-10-9-18(21)20(2)16-11-14-5-6-15(12-16)19-14/h3-4,7-8,14-16,19H,5-6,9-12H2,1-2H3. The van der Waals surface area contributed by atoms with Crippen LogP contribution in [-0.4, -0.2) is 41.7 Å². The first kappa shape index (κ1) is 15.9. The van der Waals surface area contributed by atoms with Gasteiger partial charge in [0.25, 0.3) is 0 Å². The number of nitrogens with zero attached hydrogens (tertiary/aromatic N) is 1. The molecule has 2 aliphatic rings. The van der Waals surface area contributed by atoms with Crippen molar-refractivity contribution in [1.29, 1.82) is 0 Å². The third-order valence-electron chi connectivity index (χ3n) is 4.99. The molecule has 2 unspecified atom stereocenters. The molecule has 3 rings (SSSR count). The summed E-state index contributed by atoms with van der Waals surface area (Å²) in [5, 5.41) is 3.64. The molecule has 0 aromatic heterocycles. The molecule has 1 N–H and O–H groups in total.